The van der Waals surface area contributed by atoms with Crippen LogP contribution < -0.4 is 0 Å². The zero-order chi connectivity index (χ0) is 17.6. The summed E-state index contributed by atoms with van der Waals surface area (Å²) >= 11 is 0. The summed E-state index contributed by atoms with van der Waals surface area (Å²) in [5.41, 5.74) is 5.26. The van der Waals surface area contributed by atoms with Crippen molar-refractivity contribution in [2.45, 2.75) is 39.7 Å². The van der Waals surface area contributed by atoms with Gasteiger partial charge in [0.2, 0.25) is 0 Å². The molecule has 1 N–H and O–H groups in total. The fraction of sp³-hybridized carbons (Fsp3) is 0.421. The van der Waals surface area contributed by atoms with E-state index >= 15 is 0 Å². The lowest BCUT2D eigenvalue weighted by Crippen LogP contribution is -2.39. The molecule has 0 unspecified atom stereocenters. The molecule has 4 rings (SSSR count). The summed E-state index contributed by atoms with van der Waals surface area (Å²) in [7, 11) is 0. The zero-order valence-corrected chi connectivity index (χ0v) is 14.9. The van der Waals surface area contributed by atoms with E-state index in [1.165, 1.54) is 16.5 Å². The molecule has 1 fully saturated rings. The van der Waals surface area contributed by atoms with Crippen molar-refractivity contribution in [3.05, 3.63) is 47.2 Å². The van der Waals surface area contributed by atoms with E-state index in [4.69, 9.17) is 0 Å². The van der Waals surface area contributed by atoms with E-state index in [9.17, 15) is 4.79 Å². The number of benzene rings is 1. The smallest absolute Gasteiger partial charge is 0.270 e. The van der Waals surface area contributed by atoms with Crippen LogP contribution in [0.4, 0.5) is 0 Å². The van der Waals surface area contributed by atoms with Crippen molar-refractivity contribution in [1.82, 2.24) is 24.6 Å². The first kappa shape index (κ1) is 15.9. The molecular weight excluding hydrogens is 314 g/mol. The van der Waals surface area contributed by atoms with Gasteiger partial charge in [0, 0.05) is 30.0 Å². The molecule has 25 heavy (non-hydrogen) atoms. The van der Waals surface area contributed by atoms with Gasteiger partial charge in [-0.25, -0.2) is 0 Å². The Morgan fingerprint density at radius 1 is 1.08 bits per heavy atom. The summed E-state index contributed by atoms with van der Waals surface area (Å²) in [5.74, 6) is 0.106. The lowest BCUT2D eigenvalue weighted by molar-refractivity contribution is 0.0689. The Labute approximate surface area is 146 Å². The minimum Gasteiger partial charge on any atom is -0.350 e. The molecule has 1 saturated heterocycles. The van der Waals surface area contributed by atoms with Crippen LogP contribution in [0.15, 0.2) is 24.8 Å². The van der Waals surface area contributed by atoms with Crippen molar-refractivity contribution in [1.29, 1.82) is 0 Å². The van der Waals surface area contributed by atoms with Crippen molar-refractivity contribution < 1.29 is 4.79 Å². The number of nitrogens with one attached hydrogen (secondary N) is 1. The van der Waals surface area contributed by atoms with Crippen LogP contribution in [0.1, 0.15) is 46.1 Å². The topological polar surface area (TPSA) is 66.8 Å². The first-order valence-electron chi connectivity index (χ1n) is 8.78. The van der Waals surface area contributed by atoms with Crippen LogP contribution in [0.5, 0.6) is 0 Å². The quantitative estimate of drug-likeness (QED) is 0.781. The predicted molar refractivity (Wildman–Crippen MR) is 96.7 cm³/mol. The van der Waals surface area contributed by atoms with Crippen LogP contribution >= 0.6 is 0 Å². The van der Waals surface area contributed by atoms with Crippen molar-refractivity contribution in [3.8, 4) is 0 Å². The van der Waals surface area contributed by atoms with E-state index in [1.807, 2.05) is 16.4 Å². The van der Waals surface area contributed by atoms with Gasteiger partial charge < -0.3 is 14.5 Å². The van der Waals surface area contributed by atoms with Gasteiger partial charge in [-0.1, -0.05) is 12.1 Å². The first-order valence-corrected chi connectivity index (χ1v) is 8.78. The lowest BCUT2D eigenvalue weighted by Gasteiger charge is -2.32. The van der Waals surface area contributed by atoms with Crippen molar-refractivity contribution >= 4 is 16.8 Å². The van der Waals surface area contributed by atoms with E-state index < -0.39 is 0 Å². The van der Waals surface area contributed by atoms with E-state index in [0.717, 1.165) is 42.7 Å². The molecule has 1 amide bonds. The first-order chi connectivity index (χ1) is 12.1. The SMILES string of the molecule is Cc1ccc(C)c2c(C)c(C(=O)N3CCC(n4cnnc4)CC3)[nH]c12. The van der Waals surface area contributed by atoms with E-state index in [0.29, 0.717) is 6.04 Å². The summed E-state index contributed by atoms with van der Waals surface area (Å²) in [5, 5.41) is 8.94. The van der Waals surface area contributed by atoms with Crippen LogP contribution in [0.25, 0.3) is 10.9 Å². The van der Waals surface area contributed by atoms with Crippen LogP contribution in [0.3, 0.4) is 0 Å². The number of nitrogens with zero attached hydrogens (tertiary/aromatic N) is 4. The molecule has 130 valence electrons. The van der Waals surface area contributed by atoms with Gasteiger partial charge in [0.25, 0.3) is 5.91 Å². The number of amides is 1. The normalized spacial score (nSPS) is 15.9. The highest BCUT2D eigenvalue weighted by Crippen LogP contribution is 2.29. The molecule has 6 heteroatoms. The Hall–Kier alpha value is -2.63. The molecule has 0 atom stereocenters. The number of carbonyl (C=O) groups is 1. The Morgan fingerprint density at radius 3 is 2.36 bits per heavy atom. The highest BCUT2D eigenvalue weighted by atomic mass is 16.2. The molecule has 1 aromatic carbocycles. The minimum atomic E-state index is 0.106. The van der Waals surface area contributed by atoms with Gasteiger partial charge in [-0.05, 0) is 50.3 Å². The van der Waals surface area contributed by atoms with Crippen LogP contribution in [-0.4, -0.2) is 43.6 Å². The average molecular weight is 337 g/mol. The standard InChI is InChI=1S/C19H23N5O/c1-12-4-5-13(2)17-16(12)14(3)18(22-17)19(25)23-8-6-15(7-9-23)24-10-20-21-11-24/h4-5,10-11,15,22H,6-9H2,1-3H3. The highest BCUT2D eigenvalue weighted by molar-refractivity contribution is 6.02. The largest absolute Gasteiger partial charge is 0.350 e. The molecule has 0 bridgehead atoms. The third kappa shape index (κ3) is 2.62. The van der Waals surface area contributed by atoms with Crippen LogP contribution in [0, 0.1) is 20.8 Å². The van der Waals surface area contributed by atoms with Gasteiger partial charge in [0.1, 0.15) is 18.3 Å². The fourth-order valence-corrected chi connectivity index (χ4v) is 3.94. The molecule has 3 heterocycles. The van der Waals surface area contributed by atoms with Gasteiger partial charge in [-0.15, -0.1) is 10.2 Å². The third-order valence-electron chi connectivity index (χ3n) is 5.45. The van der Waals surface area contributed by atoms with Gasteiger partial charge in [-0.2, -0.15) is 0 Å². The number of hydrogen-bond donors (Lipinski definition) is 1. The Kier molecular flexibility index (Phi) is 3.82. The van der Waals surface area contributed by atoms with E-state index in [-0.39, 0.29) is 5.91 Å². The summed E-state index contributed by atoms with van der Waals surface area (Å²) in [4.78, 5) is 18.4. The van der Waals surface area contributed by atoms with Crippen LogP contribution in [-0.2, 0) is 0 Å². The predicted octanol–water partition coefficient (Wildman–Crippen LogP) is 3.16. The number of likely N-dealkylation sites (tertiary alicyclic amines) is 1. The van der Waals surface area contributed by atoms with Gasteiger partial charge >= 0.3 is 0 Å². The number of rotatable bonds is 2. The van der Waals surface area contributed by atoms with Crippen molar-refractivity contribution in [2.24, 2.45) is 0 Å². The maximum absolute atomic E-state index is 13.1. The average Bonchev–Trinajstić information content (AvgIpc) is 3.27. The molecular formula is C19H23N5O. The zero-order valence-electron chi connectivity index (χ0n) is 14.9. The second-order valence-corrected chi connectivity index (χ2v) is 7.01. The minimum absolute atomic E-state index is 0.106. The van der Waals surface area contributed by atoms with E-state index in [1.54, 1.807) is 12.7 Å². The number of hydrogen-bond acceptors (Lipinski definition) is 3. The second kappa shape index (κ2) is 6.02. The molecule has 1 aliphatic heterocycles. The summed E-state index contributed by atoms with van der Waals surface area (Å²) in [6.45, 7) is 7.74. The Balaban J connectivity index is 1.58. The lowest BCUT2D eigenvalue weighted by atomic mass is 10.0. The number of fused-ring (bicyclic) bond motifs is 1. The molecule has 6 nitrogen and oxygen atoms in total. The third-order valence-corrected chi connectivity index (χ3v) is 5.45. The van der Waals surface area contributed by atoms with Gasteiger partial charge in [0.15, 0.2) is 0 Å². The fourth-order valence-electron chi connectivity index (χ4n) is 3.94. The number of aryl methyl sites for hydroxylation is 3. The summed E-state index contributed by atoms with van der Waals surface area (Å²) in [6, 6.07) is 4.61. The molecule has 3 aromatic rings. The number of H-pyrrole nitrogens is 1. The number of piperidine rings is 1. The summed E-state index contributed by atoms with van der Waals surface area (Å²) < 4.78 is 2.04. The van der Waals surface area contributed by atoms with Crippen molar-refractivity contribution in [3.63, 3.8) is 0 Å². The van der Waals surface area contributed by atoms with Gasteiger partial charge in [-0.3, -0.25) is 4.79 Å². The highest BCUT2D eigenvalue weighted by Gasteiger charge is 2.27. The molecule has 0 spiro atoms. The maximum atomic E-state index is 13.1. The molecule has 2 aromatic heterocycles. The molecule has 0 aliphatic carbocycles. The summed E-state index contributed by atoms with van der Waals surface area (Å²) in [6.07, 6.45) is 5.38. The molecule has 0 saturated carbocycles. The number of aromatic nitrogens is 4. The van der Waals surface area contributed by atoms with E-state index in [2.05, 4.69) is 41.2 Å². The Morgan fingerprint density at radius 2 is 1.72 bits per heavy atom. The monoisotopic (exact) mass is 337 g/mol. The molecule has 0 radical (unpaired) electrons. The Bertz CT molecular complexity index is 917. The number of aromatic amines is 1. The second-order valence-electron chi connectivity index (χ2n) is 7.01. The van der Waals surface area contributed by atoms with Crippen LogP contribution in [0.2, 0.25) is 0 Å². The number of carbonyl (C=O) groups excluding carboxylic acids is 1. The molecule has 1 aliphatic rings. The van der Waals surface area contributed by atoms with Crippen molar-refractivity contribution in [2.75, 3.05) is 13.1 Å². The van der Waals surface area contributed by atoms with Gasteiger partial charge in [0.05, 0.1) is 0 Å². The maximum Gasteiger partial charge on any atom is 0.270 e.